The SMILES string of the molecule is CC(NC1COc2cc(O)ccc21)C1CC1. The fourth-order valence-electron chi connectivity index (χ4n) is 2.39. The Balaban J connectivity index is 1.75. The van der Waals surface area contributed by atoms with Crippen LogP contribution in [0.2, 0.25) is 0 Å². The lowest BCUT2D eigenvalue weighted by Crippen LogP contribution is -2.32. The van der Waals surface area contributed by atoms with E-state index in [4.69, 9.17) is 4.74 Å². The van der Waals surface area contributed by atoms with Crippen LogP contribution in [0.4, 0.5) is 0 Å². The average Bonchev–Trinajstić information content (AvgIpc) is 3.03. The first-order valence-corrected chi connectivity index (χ1v) is 5.96. The normalized spacial score (nSPS) is 24.9. The lowest BCUT2D eigenvalue weighted by molar-refractivity contribution is 0.293. The van der Waals surface area contributed by atoms with Gasteiger partial charge in [-0.25, -0.2) is 0 Å². The first-order valence-electron chi connectivity index (χ1n) is 5.96. The maximum Gasteiger partial charge on any atom is 0.127 e. The maximum absolute atomic E-state index is 9.36. The fraction of sp³-hybridized carbons (Fsp3) is 0.538. The summed E-state index contributed by atoms with van der Waals surface area (Å²) >= 11 is 0. The number of benzene rings is 1. The number of phenols is 1. The standard InChI is InChI=1S/C13H17NO2/c1-8(9-2-3-9)14-12-7-16-13-6-10(15)4-5-11(12)13/h4-6,8-9,12,14-15H,2-3,7H2,1H3. The highest BCUT2D eigenvalue weighted by Crippen LogP contribution is 2.38. The maximum atomic E-state index is 9.36. The highest BCUT2D eigenvalue weighted by atomic mass is 16.5. The molecule has 2 aliphatic rings. The molecule has 16 heavy (non-hydrogen) atoms. The van der Waals surface area contributed by atoms with Crippen molar-refractivity contribution in [2.24, 2.45) is 5.92 Å². The van der Waals surface area contributed by atoms with E-state index in [9.17, 15) is 5.11 Å². The van der Waals surface area contributed by atoms with Crippen LogP contribution in [0, 0.1) is 5.92 Å². The van der Waals surface area contributed by atoms with Gasteiger partial charge in [-0.3, -0.25) is 0 Å². The first-order chi connectivity index (χ1) is 7.74. The molecule has 1 heterocycles. The average molecular weight is 219 g/mol. The van der Waals surface area contributed by atoms with Crippen LogP contribution in [0.1, 0.15) is 31.4 Å². The van der Waals surface area contributed by atoms with E-state index in [1.807, 2.05) is 6.07 Å². The quantitative estimate of drug-likeness (QED) is 0.819. The topological polar surface area (TPSA) is 41.5 Å². The molecule has 2 unspecified atom stereocenters. The third-order valence-electron chi connectivity index (χ3n) is 3.57. The third kappa shape index (κ3) is 1.76. The second-order valence-corrected chi connectivity index (χ2v) is 4.88. The molecule has 3 nitrogen and oxygen atoms in total. The molecule has 0 saturated heterocycles. The minimum Gasteiger partial charge on any atom is -0.508 e. The van der Waals surface area contributed by atoms with E-state index in [0.29, 0.717) is 12.6 Å². The van der Waals surface area contributed by atoms with Crippen molar-refractivity contribution in [2.75, 3.05) is 6.61 Å². The van der Waals surface area contributed by atoms with Crippen molar-refractivity contribution in [3.05, 3.63) is 23.8 Å². The molecule has 2 atom stereocenters. The van der Waals surface area contributed by atoms with E-state index in [2.05, 4.69) is 12.2 Å². The molecule has 0 radical (unpaired) electrons. The predicted octanol–water partition coefficient (Wildman–Crippen LogP) is 2.21. The van der Waals surface area contributed by atoms with Crippen LogP contribution in [0.15, 0.2) is 18.2 Å². The summed E-state index contributed by atoms with van der Waals surface area (Å²) in [7, 11) is 0. The monoisotopic (exact) mass is 219 g/mol. The van der Waals surface area contributed by atoms with E-state index < -0.39 is 0 Å². The number of hydrogen-bond acceptors (Lipinski definition) is 3. The molecule has 1 aromatic carbocycles. The molecule has 1 saturated carbocycles. The van der Waals surface area contributed by atoms with Crippen molar-refractivity contribution in [3.8, 4) is 11.5 Å². The Bertz CT molecular complexity index is 401. The zero-order valence-corrected chi connectivity index (χ0v) is 9.44. The van der Waals surface area contributed by atoms with Gasteiger partial charge in [0.2, 0.25) is 0 Å². The number of aromatic hydroxyl groups is 1. The van der Waals surface area contributed by atoms with E-state index >= 15 is 0 Å². The predicted molar refractivity (Wildman–Crippen MR) is 61.7 cm³/mol. The Morgan fingerprint density at radius 1 is 1.44 bits per heavy atom. The number of rotatable bonds is 3. The van der Waals surface area contributed by atoms with Crippen LogP contribution < -0.4 is 10.1 Å². The lowest BCUT2D eigenvalue weighted by Gasteiger charge is -2.18. The summed E-state index contributed by atoms with van der Waals surface area (Å²) in [4.78, 5) is 0. The van der Waals surface area contributed by atoms with Crippen LogP contribution >= 0.6 is 0 Å². The lowest BCUT2D eigenvalue weighted by atomic mass is 10.1. The van der Waals surface area contributed by atoms with Crippen molar-refractivity contribution in [3.63, 3.8) is 0 Å². The zero-order chi connectivity index (χ0) is 11.1. The van der Waals surface area contributed by atoms with Crippen LogP contribution in [-0.2, 0) is 0 Å². The molecule has 2 N–H and O–H groups in total. The molecular weight excluding hydrogens is 202 g/mol. The summed E-state index contributed by atoms with van der Waals surface area (Å²) in [6, 6.07) is 6.22. The Hall–Kier alpha value is -1.22. The third-order valence-corrected chi connectivity index (χ3v) is 3.57. The molecule has 86 valence electrons. The Kier molecular flexibility index (Phi) is 2.28. The molecule has 0 bridgehead atoms. The van der Waals surface area contributed by atoms with Crippen molar-refractivity contribution >= 4 is 0 Å². The first kappa shape index (κ1) is 9.97. The number of ether oxygens (including phenoxy) is 1. The molecule has 1 aliphatic heterocycles. The van der Waals surface area contributed by atoms with Crippen LogP contribution in [-0.4, -0.2) is 17.8 Å². The Morgan fingerprint density at radius 2 is 2.25 bits per heavy atom. The smallest absolute Gasteiger partial charge is 0.127 e. The summed E-state index contributed by atoms with van der Waals surface area (Å²) in [5.41, 5.74) is 1.17. The molecule has 0 amide bonds. The van der Waals surface area contributed by atoms with Crippen molar-refractivity contribution < 1.29 is 9.84 Å². The molecular formula is C13H17NO2. The van der Waals surface area contributed by atoms with E-state index in [1.54, 1.807) is 12.1 Å². The van der Waals surface area contributed by atoms with Gasteiger partial charge in [0, 0.05) is 17.7 Å². The van der Waals surface area contributed by atoms with E-state index in [0.717, 1.165) is 11.7 Å². The molecule has 0 aromatic heterocycles. The largest absolute Gasteiger partial charge is 0.508 e. The fourth-order valence-corrected chi connectivity index (χ4v) is 2.39. The minimum atomic E-state index is 0.273. The second-order valence-electron chi connectivity index (χ2n) is 4.88. The summed E-state index contributed by atoms with van der Waals surface area (Å²) < 4.78 is 5.57. The number of fused-ring (bicyclic) bond motifs is 1. The van der Waals surface area contributed by atoms with Gasteiger partial charge in [0.1, 0.15) is 18.1 Å². The number of phenolic OH excluding ortho intramolecular Hbond substituents is 1. The van der Waals surface area contributed by atoms with Gasteiger partial charge >= 0.3 is 0 Å². The zero-order valence-electron chi connectivity index (χ0n) is 9.44. The van der Waals surface area contributed by atoms with Crippen molar-refractivity contribution in [2.45, 2.75) is 31.8 Å². The molecule has 0 spiro atoms. The molecule has 3 rings (SSSR count). The second kappa shape index (κ2) is 3.67. The van der Waals surface area contributed by atoms with Gasteiger partial charge in [-0.1, -0.05) is 0 Å². The Labute approximate surface area is 95.4 Å². The van der Waals surface area contributed by atoms with E-state index in [-0.39, 0.29) is 11.8 Å². The minimum absolute atomic E-state index is 0.273. The van der Waals surface area contributed by atoms with Crippen LogP contribution in [0.5, 0.6) is 11.5 Å². The van der Waals surface area contributed by atoms with Gasteiger partial charge in [-0.15, -0.1) is 0 Å². The van der Waals surface area contributed by atoms with Gasteiger partial charge < -0.3 is 15.2 Å². The molecule has 1 fully saturated rings. The van der Waals surface area contributed by atoms with Gasteiger partial charge in [-0.2, -0.15) is 0 Å². The number of hydrogen-bond donors (Lipinski definition) is 2. The molecule has 1 aromatic rings. The van der Waals surface area contributed by atoms with Crippen molar-refractivity contribution in [1.29, 1.82) is 0 Å². The van der Waals surface area contributed by atoms with Gasteiger partial charge in [0.25, 0.3) is 0 Å². The summed E-state index contributed by atoms with van der Waals surface area (Å²) in [6.45, 7) is 2.92. The van der Waals surface area contributed by atoms with Gasteiger partial charge in [0.05, 0.1) is 6.04 Å². The molecule has 1 aliphatic carbocycles. The number of nitrogens with one attached hydrogen (secondary N) is 1. The van der Waals surface area contributed by atoms with Gasteiger partial charge in [0.15, 0.2) is 0 Å². The molecule has 3 heteroatoms. The summed E-state index contributed by atoms with van der Waals surface area (Å²) in [6.07, 6.45) is 2.70. The summed E-state index contributed by atoms with van der Waals surface area (Å²) in [5, 5.41) is 13.0. The van der Waals surface area contributed by atoms with Crippen LogP contribution in [0.25, 0.3) is 0 Å². The Morgan fingerprint density at radius 3 is 3.00 bits per heavy atom. The van der Waals surface area contributed by atoms with Crippen LogP contribution in [0.3, 0.4) is 0 Å². The van der Waals surface area contributed by atoms with Gasteiger partial charge in [-0.05, 0) is 37.8 Å². The van der Waals surface area contributed by atoms with Crippen molar-refractivity contribution in [1.82, 2.24) is 5.32 Å². The van der Waals surface area contributed by atoms with E-state index in [1.165, 1.54) is 18.4 Å². The highest BCUT2D eigenvalue weighted by molar-refractivity contribution is 5.44. The summed E-state index contributed by atoms with van der Waals surface area (Å²) in [5.74, 6) is 1.94. The highest BCUT2D eigenvalue weighted by Gasteiger charge is 2.32.